The van der Waals surface area contributed by atoms with Crippen molar-refractivity contribution in [3.8, 4) is 0 Å². The number of hydrogen-bond acceptors (Lipinski definition) is 2. The van der Waals surface area contributed by atoms with E-state index in [0.29, 0.717) is 12.2 Å². The lowest BCUT2D eigenvalue weighted by atomic mass is 10.1. The lowest BCUT2D eigenvalue weighted by Gasteiger charge is -2.13. The van der Waals surface area contributed by atoms with Gasteiger partial charge in [-0.05, 0) is 49.5 Å². The van der Waals surface area contributed by atoms with Crippen LogP contribution in [0.15, 0.2) is 18.2 Å². The molecule has 1 aromatic carbocycles. The Labute approximate surface area is 110 Å². The summed E-state index contributed by atoms with van der Waals surface area (Å²) < 4.78 is 38.1. The van der Waals surface area contributed by atoms with Crippen LogP contribution in [-0.2, 0) is 6.18 Å². The Kier molecular flexibility index (Phi) is 5.85. The minimum Gasteiger partial charge on any atom is -0.385 e. The summed E-state index contributed by atoms with van der Waals surface area (Å²) in [5, 5.41) is 3.03. The van der Waals surface area contributed by atoms with Crippen LogP contribution in [0.2, 0.25) is 0 Å². The van der Waals surface area contributed by atoms with Gasteiger partial charge in [-0.2, -0.15) is 24.9 Å². The Balaban J connectivity index is 2.57. The molecule has 18 heavy (non-hydrogen) atoms. The van der Waals surface area contributed by atoms with Crippen LogP contribution in [0.5, 0.6) is 0 Å². The van der Waals surface area contributed by atoms with Gasteiger partial charge in [0.15, 0.2) is 0 Å². The van der Waals surface area contributed by atoms with Crippen molar-refractivity contribution in [2.75, 3.05) is 23.9 Å². The number of aryl methyl sites for hydroxylation is 1. The molecule has 5 heteroatoms. The SMILES string of the molecule is CSCCCCNc1ccc(C)c(C(F)(F)F)c1. The van der Waals surface area contributed by atoms with Crippen molar-refractivity contribution >= 4 is 17.4 Å². The monoisotopic (exact) mass is 277 g/mol. The quantitative estimate of drug-likeness (QED) is 0.764. The molecule has 0 aliphatic heterocycles. The van der Waals surface area contributed by atoms with E-state index >= 15 is 0 Å². The van der Waals surface area contributed by atoms with Crippen molar-refractivity contribution in [3.63, 3.8) is 0 Å². The number of thioether (sulfide) groups is 1. The molecule has 1 nitrogen and oxygen atoms in total. The fourth-order valence-corrected chi connectivity index (χ4v) is 2.13. The normalized spacial score (nSPS) is 11.6. The van der Waals surface area contributed by atoms with E-state index in [2.05, 4.69) is 5.32 Å². The first kappa shape index (κ1) is 15.2. The minimum atomic E-state index is -4.28. The minimum absolute atomic E-state index is 0.260. The first-order chi connectivity index (χ1) is 8.45. The van der Waals surface area contributed by atoms with Crippen LogP contribution < -0.4 is 5.32 Å². The van der Waals surface area contributed by atoms with Gasteiger partial charge >= 0.3 is 6.18 Å². The van der Waals surface area contributed by atoms with E-state index in [1.54, 1.807) is 17.8 Å². The molecule has 1 aromatic rings. The van der Waals surface area contributed by atoms with Gasteiger partial charge in [0, 0.05) is 12.2 Å². The van der Waals surface area contributed by atoms with Crippen LogP contribution in [0.4, 0.5) is 18.9 Å². The summed E-state index contributed by atoms with van der Waals surface area (Å²) in [5.74, 6) is 1.09. The van der Waals surface area contributed by atoms with Gasteiger partial charge in [-0.1, -0.05) is 6.07 Å². The van der Waals surface area contributed by atoms with Crippen molar-refractivity contribution in [1.29, 1.82) is 0 Å². The summed E-state index contributed by atoms with van der Waals surface area (Å²) in [6.07, 6.45) is -0.189. The molecule has 0 aliphatic rings. The van der Waals surface area contributed by atoms with E-state index in [1.165, 1.54) is 19.1 Å². The fraction of sp³-hybridized carbons (Fsp3) is 0.538. The second-order valence-electron chi connectivity index (χ2n) is 4.15. The lowest BCUT2D eigenvalue weighted by Crippen LogP contribution is -2.09. The highest BCUT2D eigenvalue weighted by atomic mass is 32.2. The maximum Gasteiger partial charge on any atom is 0.416 e. The average molecular weight is 277 g/mol. The molecule has 0 saturated carbocycles. The predicted octanol–water partition coefficient (Wildman–Crippen LogP) is 4.57. The Morgan fingerprint density at radius 1 is 1.22 bits per heavy atom. The number of benzene rings is 1. The van der Waals surface area contributed by atoms with E-state index in [1.807, 2.05) is 6.26 Å². The van der Waals surface area contributed by atoms with Crippen LogP contribution in [0.3, 0.4) is 0 Å². The molecule has 0 atom stereocenters. The van der Waals surface area contributed by atoms with E-state index in [9.17, 15) is 13.2 Å². The summed E-state index contributed by atoms with van der Waals surface area (Å²) in [7, 11) is 0. The number of rotatable bonds is 6. The van der Waals surface area contributed by atoms with Crippen LogP contribution in [0, 0.1) is 6.92 Å². The lowest BCUT2D eigenvalue weighted by molar-refractivity contribution is -0.138. The molecular formula is C13H18F3NS. The van der Waals surface area contributed by atoms with Crippen molar-refractivity contribution in [3.05, 3.63) is 29.3 Å². The molecule has 0 bridgehead atoms. The molecule has 0 spiro atoms. The number of nitrogens with one attached hydrogen (secondary N) is 1. The van der Waals surface area contributed by atoms with Crippen molar-refractivity contribution in [1.82, 2.24) is 0 Å². The Morgan fingerprint density at radius 2 is 1.94 bits per heavy atom. The van der Waals surface area contributed by atoms with Crippen molar-refractivity contribution in [2.45, 2.75) is 25.9 Å². The molecule has 0 aliphatic carbocycles. The molecule has 0 saturated heterocycles. The molecule has 102 valence electrons. The zero-order valence-corrected chi connectivity index (χ0v) is 11.4. The standard InChI is InChI=1S/C13H18F3NS/c1-10-5-6-11(9-12(10)13(14,15)16)17-7-3-4-8-18-2/h5-6,9,17H,3-4,7-8H2,1-2H3. The molecule has 1 rings (SSSR count). The highest BCUT2D eigenvalue weighted by Gasteiger charge is 2.32. The highest BCUT2D eigenvalue weighted by Crippen LogP contribution is 2.33. The van der Waals surface area contributed by atoms with Crippen molar-refractivity contribution in [2.24, 2.45) is 0 Å². The first-order valence-electron chi connectivity index (χ1n) is 5.86. The average Bonchev–Trinajstić information content (AvgIpc) is 2.29. The molecule has 0 heterocycles. The summed E-state index contributed by atoms with van der Waals surface area (Å²) in [6, 6.07) is 4.39. The maximum atomic E-state index is 12.7. The number of halogens is 3. The summed E-state index contributed by atoms with van der Waals surface area (Å²) in [6.45, 7) is 2.19. The third-order valence-electron chi connectivity index (χ3n) is 2.65. The molecule has 0 amide bonds. The highest BCUT2D eigenvalue weighted by molar-refractivity contribution is 7.98. The first-order valence-corrected chi connectivity index (χ1v) is 7.25. The number of anilines is 1. The molecular weight excluding hydrogens is 259 g/mol. The van der Waals surface area contributed by atoms with Crippen molar-refractivity contribution < 1.29 is 13.2 Å². The zero-order chi connectivity index (χ0) is 13.6. The summed E-state index contributed by atoms with van der Waals surface area (Å²) >= 11 is 1.78. The second kappa shape index (κ2) is 6.92. The fourth-order valence-electron chi connectivity index (χ4n) is 1.64. The van der Waals surface area contributed by atoms with Crippen LogP contribution >= 0.6 is 11.8 Å². The molecule has 0 aromatic heterocycles. The van der Waals surface area contributed by atoms with Gasteiger partial charge in [-0.25, -0.2) is 0 Å². The van der Waals surface area contributed by atoms with Gasteiger partial charge in [0.1, 0.15) is 0 Å². The van der Waals surface area contributed by atoms with Gasteiger partial charge in [0.25, 0.3) is 0 Å². The maximum absolute atomic E-state index is 12.7. The summed E-state index contributed by atoms with van der Waals surface area (Å²) in [5.41, 5.74) is 0.240. The second-order valence-corrected chi connectivity index (χ2v) is 5.14. The van der Waals surface area contributed by atoms with Crippen LogP contribution in [0.1, 0.15) is 24.0 Å². The van der Waals surface area contributed by atoms with E-state index < -0.39 is 11.7 Å². The third-order valence-corrected chi connectivity index (χ3v) is 3.34. The van der Waals surface area contributed by atoms with Crippen LogP contribution in [0.25, 0.3) is 0 Å². The Hall–Kier alpha value is -0.840. The number of alkyl halides is 3. The topological polar surface area (TPSA) is 12.0 Å². The van der Waals surface area contributed by atoms with Gasteiger partial charge in [-0.15, -0.1) is 0 Å². The molecule has 0 radical (unpaired) electrons. The van der Waals surface area contributed by atoms with Gasteiger partial charge in [-0.3, -0.25) is 0 Å². The van der Waals surface area contributed by atoms with Gasteiger partial charge in [0.2, 0.25) is 0 Å². The summed E-state index contributed by atoms with van der Waals surface area (Å²) in [4.78, 5) is 0. The largest absolute Gasteiger partial charge is 0.416 e. The third kappa shape index (κ3) is 4.80. The Morgan fingerprint density at radius 3 is 2.56 bits per heavy atom. The smallest absolute Gasteiger partial charge is 0.385 e. The molecule has 0 unspecified atom stereocenters. The molecule has 0 fully saturated rings. The van der Waals surface area contributed by atoms with Gasteiger partial charge < -0.3 is 5.32 Å². The zero-order valence-electron chi connectivity index (χ0n) is 10.6. The number of hydrogen-bond donors (Lipinski definition) is 1. The van der Waals surface area contributed by atoms with E-state index in [0.717, 1.165) is 18.6 Å². The van der Waals surface area contributed by atoms with Crippen LogP contribution in [-0.4, -0.2) is 18.6 Å². The molecule has 1 N–H and O–H groups in total. The Bertz CT molecular complexity index is 377. The van der Waals surface area contributed by atoms with E-state index in [-0.39, 0.29) is 5.56 Å². The number of unbranched alkanes of at least 4 members (excludes halogenated alkanes) is 1. The van der Waals surface area contributed by atoms with Gasteiger partial charge in [0.05, 0.1) is 5.56 Å². The van der Waals surface area contributed by atoms with E-state index in [4.69, 9.17) is 0 Å². The predicted molar refractivity (Wildman–Crippen MR) is 72.3 cm³/mol.